The topological polar surface area (TPSA) is 35.5 Å². The van der Waals surface area contributed by atoms with Gasteiger partial charge in [0, 0.05) is 24.3 Å². The first-order valence-corrected chi connectivity index (χ1v) is 6.22. The van der Waals surface area contributed by atoms with Crippen LogP contribution in [0.4, 0.5) is 5.69 Å². The van der Waals surface area contributed by atoms with Crippen molar-refractivity contribution in [1.82, 2.24) is 5.32 Å². The molecule has 0 radical (unpaired) electrons. The molecule has 1 aromatic rings. The number of likely N-dealkylation sites (N-methyl/N-ethyl adjacent to an activating group) is 1. The molecule has 3 nitrogen and oxygen atoms in total. The molecule has 0 aromatic heterocycles. The number of nitrogens with zero attached hydrogens (tertiary/aromatic N) is 1. The predicted molar refractivity (Wildman–Crippen MR) is 74.0 cm³/mol. The van der Waals surface area contributed by atoms with E-state index in [1.165, 1.54) is 0 Å². The average molecular weight is 257 g/mol. The molecule has 1 rings (SSSR count). The molecule has 17 heavy (non-hydrogen) atoms. The minimum absolute atomic E-state index is 0.317. The van der Waals surface area contributed by atoms with Crippen molar-refractivity contribution in [2.24, 2.45) is 0 Å². The Morgan fingerprint density at radius 1 is 1.47 bits per heavy atom. The summed E-state index contributed by atoms with van der Waals surface area (Å²) in [6.45, 7) is 3.48. The van der Waals surface area contributed by atoms with Crippen LogP contribution in [0.15, 0.2) is 18.2 Å². The number of halogens is 1. The molecular formula is C13H21ClN2O. The summed E-state index contributed by atoms with van der Waals surface area (Å²) in [4.78, 5) is 2.06. The van der Waals surface area contributed by atoms with Crippen molar-refractivity contribution in [2.75, 3.05) is 32.1 Å². The van der Waals surface area contributed by atoms with Gasteiger partial charge in [-0.1, -0.05) is 11.6 Å². The molecule has 4 heteroatoms. The van der Waals surface area contributed by atoms with Crippen molar-refractivity contribution in [2.45, 2.75) is 19.4 Å². The molecule has 0 fully saturated rings. The number of rotatable bonds is 6. The summed E-state index contributed by atoms with van der Waals surface area (Å²) < 4.78 is 0. The Morgan fingerprint density at radius 2 is 2.18 bits per heavy atom. The van der Waals surface area contributed by atoms with Crippen LogP contribution in [0.25, 0.3) is 0 Å². The van der Waals surface area contributed by atoms with Crippen molar-refractivity contribution < 1.29 is 5.11 Å². The predicted octanol–water partition coefficient (Wildman–Crippen LogP) is 2.06. The van der Waals surface area contributed by atoms with Crippen molar-refractivity contribution in [3.8, 4) is 0 Å². The van der Waals surface area contributed by atoms with Crippen LogP contribution in [0.3, 0.4) is 0 Å². The largest absolute Gasteiger partial charge is 0.391 e. The number of hydrogen-bond donors (Lipinski definition) is 2. The maximum absolute atomic E-state index is 9.85. The molecule has 0 spiro atoms. The van der Waals surface area contributed by atoms with Gasteiger partial charge in [-0.25, -0.2) is 0 Å². The average Bonchev–Trinajstić information content (AvgIpc) is 2.26. The Bertz CT molecular complexity index is 357. The van der Waals surface area contributed by atoms with Crippen LogP contribution in [0.5, 0.6) is 0 Å². The lowest BCUT2D eigenvalue weighted by atomic mass is 10.1. The number of benzene rings is 1. The van der Waals surface area contributed by atoms with Crippen molar-refractivity contribution in [3.63, 3.8) is 0 Å². The normalized spacial score (nSPS) is 12.5. The van der Waals surface area contributed by atoms with Gasteiger partial charge in [-0.2, -0.15) is 0 Å². The zero-order chi connectivity index (χ0) is 12.8. The summed E-state index contributed by atoms with van der Waals surface area (Å²) in [5, 5.41) is 13.6. The number of nitrogens with one attached hydrogen (secondary N) is 1. The van der Waals surface area contributed by atoms with E-state index in [2.05, 4.69) is 10.2 Å². The molecule has 96 valence electrons. The van der Waals surface area contributed by atoms with Gasteiger partial charge in [-0.3, -0.25) is 0 Å². The van der Waals surface area contributed by atoms with Gasteiger partial charge in [-0.15, -0.1) is 0 Å². The lowest BCUT2D eigenvalue weighted by Crippen LogP contribution is -2.31. The summed E-state index contributed by atoms with van der Waals surface area (Å²) in [6.07, 6.45) is 0.440. The maximum Gasteiger partial charge on any atom is 0.0727 e. The highest BCUT2D eigenvalue weighted by Crippen LogP contribution is 2.22. The molecule has 0 bridgehead atoms. The minimum Gasteiger partial charge on any atom is -0.391 e. The molecule has 0 saturated carbocycles. The van der Waals surface area contributed by atoms with E-state index in [9.17, 15) is 5.11 Å². The van der Waals surface area contributed by atoms with Gasteiger partial charge in [0.1, 0.15) is 0 Å². The Labute approximate surface area is 108 Å². The van der Waals surface area contributed by atoms with E-state index < -0.39 is 0 Å². The Kier molecular flexibility index (Phi) is 5.75. The standard InChI is InChI=1S/C13H21ClN2O/c1-10-8-11(14)4-5-13(10)16(3)9-12(17)6-7-15-2/h4-5,8,12,15,17H,6-7,9H2,1-3H3. The van der Waals surface area contributed by atoms with E-state index in [0.29, 0.717) is 6.54 Å². The zero-order valence-electron chi connectivity index (χ0n) is 10.7. The zero-order valence-corrected chi connectivity index (χ0v) is 11.5. The third-order valence-corrected chi connectivity index (χ3v) is 3.02. The van der Waals surface area contributed by atoms with Gasteiger partial charge in [0.25, 0.3) is 0 Å². The van der Waals surface area contributed by atoms with E-state index in [-0.39, 0.29) is 6.10 Å². The first-order chi connectivity index (χ1) is 8.04. The third kappa shape index (κ3) is 4.54. The Balaban J connectivity index is 2.60. The number of aliphatic hydroxyl groups excluding tert-OH is 1. The second-order valence-electron chi connectivity index (χ2n) is 4.36. The summed E-state index contributed by atoms with van der Waals surface area (Å²) >= 11 is 5.92. The van der Waals surface area contributed by atoms with Crippen LogP contribution in [-0.2, 0) is 0 Å². The van der Waals surface area contributed by atoms with Crippen LogP contribution >= 0.6 is 11.6 Å². The van der Waals surface area contributed by atoms with E-state index in [4.69, 9.17) is 11.6 Å². The van der Waals surface area contributed by atoms with E-state index in [1.54, 1.807) is 0 Å². The van der Waals surface area contributed by atoms with Gasteiger partial charge in [-0.05, 0) is 50.7 Å². The van der Waals surface area contributed by atoms with Gasteiger partial charge < -0.3 is 15.3 Å². The highest BCUT2D eigenvalue weighted by Gasteiger charge is 2.10. The molecular weight excluding hydrogens is 236 g/mol. The second kappa shape index (κ2) is 6.84. The Morgan fingerprint density at radius 3 is 2.76 bits per heavy atom. The van der Waals surface area contributed by atoms with Crippen LogP contribution in [-0.4, -0.2) is 38.4 Å². The SMILES string of the molecule is CNCCC(O)CN(C)c1ccc(Cl)cc1C. The smallest absolute Gasteiger partial charge is 0.0727 e. The number of aryl methyl sites for hydroxylation is 1. The summed E-state index contributed by atoms with van der Waals surface area (Å²) in [6, 6.07) is 5.80. The molecule has 1 aromatic carbocycles. The molecule has 0 heterocycles. The molecule has 1 atom stereocenters. The van der Waals surface area contributed by atoms with Crippen LogP contribution < -0.4 is 10.2 Å². The molecule has 0 aliphatic rings. The van der Waals surface area contributed by atoms with Gasteiger partial charge in [0.15, 0.2) is 0 Å². The molecule has 0 amide bonds. The molecule has 2 N–H and O–H groups in total. The first-order valence-electron chi connectivity index (χ1n) is 5.84. The minimum atomic E-state index is -0.317. The lowest BCUT2D eigenvalue weighted by Gasteiger charge is -2.24. The number of anilines is 1. The number of aliphatic hydroxyl groups is 1. The van der Waals surface area contributed by atoms with E-state index in [0.717, 1.165) is 29.2 Å². The first kappa shape index (κ1) is 14.3. The van der Waals surface area contributed by atoms with E-state index in [1.807, 2.05) is 39.2 Å². The maximum atomic E-state index is 9.85. The molecule has 0 aliphatic carbocycles. The van der Waals surface area contributed by atoms with Crippen molar-refractivity contribution >= 4 is 17.3 Å². The third-order valence-electron chi connectivity index (χ3n) is 2.78. The van der Waals surface area contributed by atoms with Gasteiger partial charge >= 0.3 is 0 Å². The fourth-order valence-electron chi connectivity index (χ4n) is 1.86. The van der Waals surface area contributed by atoms with Gasteiger partial charge in [0.05, 0.1) is 6.10 Å². The van der Waals surface area contributed by atoms with Crippen molar-refractivity contribution in [1.29, 1.82) is 0 Å². The van der Waals surface area contributed by atoms with Crippen LogP contribution in [0, 0.1) is 6.92 Å². The summed E-state index contributed by atoms with van der Waals surface area (Å²) in [7, 11) is 3.87. The van der Waals surface area contributed by atoms with Crippen LogP contribution in [0.1, 0.15) is 12.0 Å². The Hall–Kier alpha value is -0.770. The molecule has 0 saturated heterocycles. The highest BCUT2D eigenvalue weighted by atomic mass is 35.5. The molecule has 1 unspecified atom stereocenters. The second-order valence-corrected chi connectivity index (χ2v) is 4.79. The van der Waals surface area contributed by atoms with Crippen molar-refractivity contribution in [3.05, 3.63) is 28.8 Å². The fourth-order valence-corrected chi connectivity index (χ4v) is 2.09. The summed E-state index contributed by atoms with van der Waals surface area (Å²) in [5.41, 5.74) is 2.23. The lowest BCUT2D eigenvalue weighted by molar-refractivity contribution is 0.171. The highest BCUT2D eigenvalue weighted by molar-refractivity contribution is 6.30. The number of hydrogen-bond acceptors (Lipinski definition) is 3. The van der Waals surface area contributed by atoms with Crippen LogP contribution in [0.2, 0.25) is 5.02 Å². The van der Waals surface area contributed by atoms with E-state index >= 15 is 0 Å². The van der Waals surface area contributed by atoms with Gasteiger partial charge in [0.2, 0.25) is 0 Å². The molecule has 0 aliphatic heterocycles. The fraction of sp³-hybridized carbons (Fsp3) is 0.538. The summed E-state index contributed by atoms with van der Waals surface area (Å²) in [5.74, 6) is 0. The monoisotopic (exact) mass is 256 g/mol. The quantitative estimate of drug-likeness (QED) is 0.818.